The molecule has 0 aromatic rings. The SMILES string of the molecule is CCCCC/C=C/C/C=C/CCCCC(=O)OC(CC(=O)O)C[N+](C)(C)C. The number of quaternary nitrogens is 1. The number of carbonyl (C=O) groups is 2. The molecule has 0 aromatic carbocycles. The molecule has 0 radical (unpaired) electrons. The van der Waals surface area contributed by atoms with E-state index in [0.29, 0.717) is 17.4 Å². The largest absolute Gasteiger partial charge is 0.481 e. The summed E-state index contributed by atoms with van der Waals surface area (Å²) >= 11 is 0. The molecule has 1 atom stereocenters. The predicted molar refractivity (Wildman–Crippen MR) is 111 cm³/mol. The third-order valence-electron chi connectivity index (χ3n) is 4.03. The van der Waals surface area contributed by atoms with Gasteiger partial charge < -0.3 is 14.3 Å². The van der Waals surface area contributed by atoms with Crippen molar-refractivity contribution in [2.75, 3.05) is 27.7 Å². The van der Waals surface area contributed by atoms with Crippen molar-refractivity contribution in [2.24, 2.45) is 0 Å². The molecule has 27 heavy (non-hydrogen) atoms. The lowest BCUT2D eigenvalue weighted by molar-refractivity contribution is -0.873. The molecule has 0 bridgehead atoms. The molecule has 0 saturated heterocycles. The maximum absolute atomic E-state index is 12.0. The predicted octanol–water partition coefficient (Wildman–Crippen LogP) is 4.72. The van der Waals surface area contributed by atoms with Crippen LogP contribution in [0.25, 0.3) is 0 Å². The Morgan fingerprint density at radius 2 is 1.56 bits per heavy atom. The van der Waals surface area contributed by atoms with E-state index in [1.165, 1.54) is 25.7 Å². The average Bonchev–Trinajstić information content (AvgIpc) is 2.53. The number of carbonyl (C=O) groups excluding carboxylic acids is 1. The second-order valence-corrected chi connectivity index (χ2v) is 8.10. The lowest BCUT2D eigenvalue weighted by Gasteiger charge is -2.28. The van der Waals surface area contributed by atoms with Crippen LogP contribution < -0.4 is 0 Å². The van der Waals surface area contributed by atoms with E-state index in [-0.39, 0.29) is 12.4 Å². The minimum atomic E-state index is -0.939. The second-order valence-electron chi connectivity index (χ2n) is 8.10. The van der Waals surface area contributed by atoms with Crippen molar-refractivity contribution in [3.63, 3.8) is 0 Å². The van der Waals surface area contributed by atoms with E-state index in [1.807, 2.05) is 21.1 Å². The Balaban J connectivity index is 3.88. The monoisotopic (exact) mass is 382 g/mol. The zero-order valence-corrected chi connectivity index (χ0v) is 17.8. The summed E-state index contributed by atoms with van der Waals surface area (Å²) in [7, 11) is 5.86. The average molecular weight is 383 g/mol. The van der Waals surface area contributed by atoms with Crippen molar-refractivity contribution in [1.29, 1.82) is 0 Å². The van der Waals surface area contributed by atoms with Crippen LogP contribution in [-0.2, 0) is 14.3 Å². The summed E-state index contributed by atoms with van der Waals surface area (Å²) < 4.78 is 5.93. The first-order chi connectivity index (χ1) is 12.7. The Morgan fingerprint density at radius 3 is 2.07 bits per heavy atom. The molecule has 0 aliphatic rings. The van der Waals surface area contributed by atoms with Crippen molar-refractivity contribution in [1.82, 2.24) is 0 Å². The fraction of sp³-hybridized carbons (Fsp3) is 0.727. The zero-order chi connectivity index (χ0) is 20.5. The van der Waals surface area contributed by atoms with Gasteiger partial charge in [0.15, 0.2) is 6.10 Å². The fourth-order valence-electron chi connectivity index (χ4n) is 2.74. The van der Waals surface area contributed by atoms with Crippen LogP contribution in [0.4, 0.5) is 0 Å². The molecule has 0 spiro atoms. The summed E-state index contributed by atoms with van der Waals surface area (Å²) in [6.45, 7) is 2.71. The molecule has 1 unspecified atom stereocenters. The molecule has 0 heterocycles. The first-order valence-corrected chi connectivity index (χ1v) is 10.3. The van der Waals surface area contributed by atoms with Crippen LogP contribution in [-0.4, -0.2) is 55.3 Å². The van der Waals surface area contributed by atoms with E-state index in [9.17, 15) is 9.59 Å². The first kappa shape index (κ1) is 25.4. The van der Waals surface area contributed by atoms with Gasteiger partial charge in [-0.15, -0.1) is 0 Å². The number of carboxylic acid groups (broad SMARTS) is 1. The van der Waals surface area contributed by atoms with E-state index in [1.54, 1.807) is 0 Å². The number of aliphatic carboxylic acids is 1. The van der Waals surface area contributed by atoms with Crippen LogP contribution in [0.2, 0.25) is 0 Å². The van der Waals surface area contributed by atoms with Gasteiger partial charge in [0.25, 0.3) is 0 Å². The Labute approximate surface area is 165 Å². The summed E-state index contributed by atoms with van der Waals surface area (Å²) in [5.41, 5.74) is 0. The summed E-state index contributed by atoms with van der Waals surface area (Å²) in [6, 6.07) is 0. The molecule has 0 fully saturated rings. The van der Waals surface area contributed by atoms with Crippen LogP contribution in [0, 0.1) is 0 Å². The first-order valence-electron chi connectivity index (χ1n) is 10.3. The number of nitrogens with zero attached hydrogens (tertiary/aromatic N) is 1. The minimum absolute atomic E-state index is 0.143. The van der Waals surface area contributed by atoms with Gasteiger partial charge in [-0.25, -0.2) is 0 Å². The highest BCUT2D eigenvalue weighted by atomic mass is 16.5. The van der Waals surface area contributed by atoms with Gasteiger partial charge in [0.2, 0.25) is 0 Å². The van der Waals surface area contributed by atoms with E-state index in [4.69, 9.17) is 9.84 Å². The molecule has 1 N–H and O–H groups in total. The Kier molecular flexibility index (Phi) is 14.5. The third kappa shape index (κ3) is 19.0. The molecule has 0 aromatic heterocycles. The second kappa shape index (κ2) is 15.4. The van der Waals surface area contributed by atoms with Crippen molar-refractivity contribution in [2.45, 2.75) is 77.2 Å². The number of rotatable bonds is 16. The molecule has 0 aliphatic heterocycles. The van der Waals surface area contributed by atoms with E-state index >= 15 is 0 Å². The van der Waals surface area contributed by atoms with Crippen LogP contribution in [0.15, 0.2) is 24.3 Å². The van der Waals surface area contributed by atoms with Gasteiger partial charge in [0.05, 0.1) is 27.6 Å². The van der Waals surface area contributed by atoms with E-state index in [0.717, 1.165) is 25.7 Å². The molecular weight excluding hydrogens is 342 g/mol. The lowest BCUT2D eigenvalue weighted by Crippen LogP contribution is -2.43. The van der Waals surface area contributed by atoms with Gasteiger partial charge >= 0.3 is 11.9 Å². The minimum Gasteiger partial charge on any atom is -0.481 e. The van der Waals surface area contributed by atoms with Crippen LogP contribution in [0.1, 0.15) is 71.1 Å². The molecule has 0 rings (SSSR count). The van der Waals surface area contributed by atoms with Gasteiger partial charge in [0, 0.05) is 6.42 Å². The maximum atomic E-state index is 12.0. The van der Waals surface area contributed by atoms with Crippen LogP contribution >= 0.6 is 0 Å². The number of hydrogen-bond acceptors (Lipinski definition) is 3. The number of unbranched alkanes of at least 4 members (excludes halogenated alkanes) is 5. The molecule has 5 heteroatoms. The standard InChI is InChI=1S/C22H39NO4/c1-5-6-7-8-9-10-11-12-13-14-15-16-17-22(26)27-20(18-21(24)25)19-23(2,3)4/h9-10,12-13,20H,5-8,11,14-19H2,1-4H3/p+1/b10-9+,13-12+. The smallest absolute Gasteiger partial charge is 0.307 e. The summed E-state index contributed by atoms with van der Waals surface area (Å²) in [5, 5.41) is 8.97. The number of carboxylic acids is 1. The highest BCUT2D eigenvalue weighted by Gasteiger charge is 2.24. The van der Waals surface area contributed by atoms with E-state index in [2.05, 4.69) is 31.2 Å². The number of ether oxygens (including phenoxy) is 1. The topological polar surface area (TPSA) is 63.6 Å². The molecule has 0 saturated carbocycles. The summed E-state index contributed by atoms with van der Waals surface area (Å²) in [4.78, 5) is 22.9. The van der Waals surface area contributed by atoms with Gasteiger partial charge in [-0.2, -0.15) is 0 Å². The van der Waals surface area contributed by atoms with Crippen molar-refractivity contribution in [3.8, 4) is 0 Å². The zero-order valence-electron chi connectivity index (χ0n) is 17.8. The highest BCUT2D eigenvalue weighted by molar-refractivity contribution is 5.71. The summed E-state index contributed by atoms with van der Waals surface area (Å²) in [6.07, 6.45) is 17.0. The van der Waals surface area contributed by atoms with Crippen LogP contribution in [0.3, 0.4) is 0 Å². The Hall–Kier alpha value is -1.62. The third-order valence-corrected chi connectivity index (χ3v) is 4.03. The van der Waals surface area contributed by atoms with E-state index < -0.39 is 12.1 Å². The van der Waals surface area contributed by atoms with Crippen LogP contribution in [0.5, 0.6) is 0 Å². The lowest BCUT2D eigenvalue weighted by atomic mass is 10.1. The van der Waals surface area contributed by atoms with Gasteiger partial charge in [-0.3, -0.25) is 9.59 Å². The number of allylic oxidation sites excluding steroid dienone is 4. The summed E-state index contributed by atoms with van der Waals surface area (Å²) in [5.74, 6) is -1.24. The normalized spacial score (nSPS) is 13.3. The van der Waals surface area contributed by atoms with Gasteiger partial charge in [-0.05, 0) is 38.5 Å². The quantitative estimate of drug-likeness (QED) is 0.181. The number of esters is 1. The maximum Gasteiger partial charge on any atom is 0.307 e. The van der Waals surface area contributed by atoms with Crippen molar-refractivity contribution < 1.29 is 23.9 Å². The molecule has 0 aliphatic carbocycles. The fourth-order valence-corrected chi connectivity index (χ4v) is 2.74. The number of likely N-dealkylation sites (N-methyl/N-ethyl adjacent to an activating group) is 1. The van der Waals surface area contributed by atoms with Gasteiger partial charge in [0.1, 0.15) is 6.54 Å². The Bertz CT molecular complexity index is 463. The number of hydrogen-bond donors (Lipinski definition) is 1. The van der Waals surface area contributed by atoms with Crippen molar-refractivity contribution in [3.05, 3.63) is 24.3 Å². The van der Waals surface area contributed by atoms with Crippen molar-refractivity contribution >= 4 is 11.9 Å². The van der Waals surface area contributed by atoms with Gasteiger partial charge in [-0.1, -0.05) is 44.1 Å². The Morgan fingerprint density at radius 1 is 0.963 bits per heavy atom. The molecule has 156 valence electrons. The molecule has 5 nitrogen and oxygen atoms in total. The molecular formula is C22H40NO4+. The highest BCUT2D eigenvalue weighted by Crippen LogP contribution is 2.09. The molecule has 0 amide bonds.